The van der Waals surface area contributed by atoms with Crippen LogP contribution >= 0.6 is 0 Å². The Labute approximate surface area is 147 Å². The lowest BCUT2D eigenvalue weighted by atomic mass is 9.84. The summed E-state index contributed by atoms with van der Waals surface area (Å²) in [6.45, 7) is 3.61. The number of imidazole rings is 1. The molecule has 25 heavy (non-hydrogen) atoms. The molecule has 0 spiro atoms. The maximum absolute atomic E-state index is 12.8. The Morgan fingerprint density at radius 1 is 1.24 bits per heavy atom. The molecule has 1 unspecified atom stereocenters. The standard InChI is InChI=1S/C20H22N4O/c1-14-12-22-19(16-3-2-4-16)24(14)18-9-10-23(13-18)20(25)17-7-5-15(11-21)6-8-17/h5-8,12,16,18H,2-4,9-10,13H2,1H3. The van der Waals surface area contributed by atoms with Crippen LogP contribution in [0.2, 0.25) is 0 Å². The van der Waals surface area contributed by atoms with Crippen molar-refractivity contribution in [3.63, 3.8) is 0 Å². The number of nitriles is 1. The minimum atomic E-state index is 0.0509. The molecule has 2 heterocycles. The number of aryl methyl sites for hydroxylation is 1. The molecule has 0 radical (unpaired) electrons. The van der Waals surface area contributed by atoms with Crippen molar-refractivity contribution in [2.75, 3.05) is 13.1 Å². The Balaban J connectivity index is 1.50. The topological polar surface area (TPSA) is 61.9 Å². The predicted molar refractivity (Wildman–Crippen MR) is 94.3 cm³/mol. The van der Waals surface area contributed by atoms with Gasteiger partial charge >= 0.3 is 0 Å². The van der Waals surface area contributed by atoms with Crippen LogP contribution in [0.1, 0.15) is 65.1 Å². The number of benzene rings is 1. The second kappa shape index (κ2) is 6.36. The van der Waals surface area contributed by atoms with Crippen molar-refractivity contribution in [1.82, 2.24) is 14.5 Å². The van der Waals surface area contributed by atoms with Crippen LogP contribution in [0.3, 0.4) is 0 Å². The fourth-order valence-corrected chi connectivity index (χ4v) is 3.92. The van der Waals surface area contributed by atoms with Gasteiger partial charge in [0.2, 0.25) is 0 Å². The lowest BCUT2D eigenvalue weighted by Crippen LogP contribution is -2.29. The summed E-state index contributed by atoms with van der Waals surface area (Å²) in [7, 11) is 0. The fourth-order valence-electron chi connectivity index (χ4n) is 3.92. The first kappa shape index (κ1) is 15.9. The zero-order valence-corrected chi connectivity index (χ0v) is 14.5. The summed E-state index contributed by atoms with van der Waals surface area (Å²) in [5, 5.41) is 8.89. The third kappa shape index (κ3) is 2.82. The Hall–Kier alpha value is -2.61. The molecule has 1 aliphatic carbocycles. The highest BCUT2D eigenvalue weighted by molar-refractivity contribution is 5.94. The zero-order valence-electron chi connectivity index (χ0n) is 14.5. The first-order chi connectivity index (χ1) is 12.2. The van der Waals surface area contributed by atoms with E-state index in [0.717, 1.165) is 19.5 Å². The molecule has 5 heteroatoms. The Morgan fingerprint density at radius 3 is 2.64 bits per heavy atom. The number of amides is 1. The van der Waals surface area contributed by atoms with Crippen molar-refractivity contribution in [3.8, 4) is 6.07 Å². The van der Waals surface area contributed by atoms with Crippen LogP contribution in [0.5, 0.6) is 0 Å². The van der Waals surface area contributed by atoms with Crippen LogP contribution in [0.4, 0.5) is 0 Å². The van der Waals surface area contributed by atoms with E-state index < -0.39 is 0 Å². The van der Waals surface area contributed by atoms with Gasteiger partial charge in [-0.2, -0.15) is 5.26 Å². The van der Waals surface area contributed by atoms with Crippen molar-refractivity contribution in [2.24, 2.45) is 0 Å². The summed E-state index contributed by atoms with van der Waals surface area (Å²) in [5.41, 5.74) is 2.43. The van der Waals surface area contributed by atoms with Crippen LogP contribution in [0.15, 0.2) is 30.5 Å². The van der Waals surface area contributed by atoms with Crippen molar-refractivity contribution in [1.29, 1.82) is 5.26 Å². The van der Waals surface area contributed by atoms with Crippen LogP contribution < -0.4 is 0 Å². The third-order valence-corrected chi connectivity index (χ3v) is 5.56. The van der Waals surface area contributed by atoms with Gasteiger partial charge in [0.15, 0.2) is 0 Å². The highest BCUT2D eigenvalue weighted by atomic mass is 16.2. The highest BCUT2D eigenvalue weighted by Gasteiger charge is 2.33. The van der Waals surface area contributed by atoms with Gasteiger partial charge in [-0.15, -0.1) is 0 Å². The van der Waals surface area contributed by atoms with E-state index in [-0.39, 0.29) is 5.91 Å². The minimum absolute atomic E-state index is 0.0509. The molecule has 2 aliphatic rings. The van der Waals surface area contributed by atoms with Gasteiger partial charge in [-0.05, 0) is 50.5 Å². The number of aromatic nitrogens is 2. The SMILES string of the molecule is Cc1cnc(C2CCC2)n1C1CCN(C(=O)c2ccc(C#N)cc2)C1. The summed E-state index contributed by atoms with van der Waals surface area (Å²) in [5.74, 6) is 1.85. The molecule has 1 aliphatic heterocycles. The molecule has 1 saturated carbocycles. The quantitative estimate of drug-likeness (QED) is 0.864. The largest absolute Gasteiger partial charge is 0.336 e. The number of rotatable bonds is 3. The Kier molecular flexibility index (Phi) is 4.04. The Bertz CT molecular complexity index is 826. The molecule has 2 fully saturated rings. The van der Waals surface area contributed by atoms with Crippen LogP contribution in [0.25, 0.3) is 0 Å². The third-order valence-electron chi connectivity index (χ3n) is 5.56. The second-order valence-electron chi connectivity index (χ2n) is 7.14. The van der Waals surface area contributed by atoms with Gasteiger partial charge in [-0.3, -0.25) is 4.79 Å². The lowest BCUT2D eigenvalue weighted by Gasteiger charge is -2.28. The van der Waals surface area contributed by atoms with E-state index in [4.69, 9.17) is 5.26 Å². The average molecular weight is 334 g/mol. The number of carbonyl (C=O) groups excluding carboxylic acids is 1. The smallest absolute Gasteiger partial charge is 0.253 e. The van der Waals surface area contributed by atoms with Gasteiger partial charge in [0, 0.05) is 36.5 Å². The number of nitrogens with zero attached hydrogens (tertiary/aromatic N) is 4. The number of hydrogen-bond donors (Lipinski definition) is 0. The van der Waals surface area contributed by atoms with E-state index >= 15 is 0 Å². The van der Waals surface area contributed by atoms with Gasteiger partial charge in [0.25, 0.3) is 5.91 Å². The molecule has 5 nitrogen and oxygen atoms in total. The molecule has 1 atom stereocenters. The fraction of sp³-hybridized carbons (Fsp3) is 0.450. The van der Waals surface area contributed by atoms with E-state index in [9.17, 15) is 4.79 Å². The van der Waals surface area contributed by atoms with Gasteiger partial charge < -0.3 is 9.47 Å². The summed E-state index contributed by atoms with van der Waals surface area (Å²) in [6.07, 6.45) is 6.70. The van der Waals surface area contributed by atoms with Gasteiger partial charge in [-0.25, -0.2) is 4.98 Å². The summed E-state index contributed by atoms with van der Waals surface area (Å²) in [6, 6.07) is 9.31. The Morgan fingerprint density at radius 2 is 2.00 bits per heavy atom. The van der Waals surface area contributed by atoms with Crippen LogP contribution in [0, 0.1) is 18.3 Å². The maximum Gasteiger partial charge on any atom is 0.253 e. The molecule has 1 aromatic heterocycles. The molecule has 1 aromatic carbocycles. The van der Waals surface area contributed by atoms with E-state index in [1.807, 2.05) is 11.1 Å². The van der Waals surface area contributed by atoms with Crippen molar-refractivity contribution in [3.05, 3.63) is 53.1 Å². The van der Waals surface area contributed by atoms with Crippen LogP contribution in [-0.2, 0) is 0 Å². The molecular weight excluding hydrogens is 312 g/mol. The van der Waals surface area contributed by atoms with Crippen molar-refractivity contribution in [2.45, 2.75) is 44.6 Å². The van der Waals surface area contributed by atoms with E-state index in [2.05, 4.69) is 22.5 Å². The molecule has 1 saturated heterocycles. The number of hydrogen-bond acceptors (Lipinski definition) is 3. The molecule has 0 bridgehead atoms. The highest BCUT2D eigenvalue weighted by Crippen LogP contribution is 2.38. The maximum atomic E-state index is 12.8. The predicted octanol–water partition coefficient (Wildman–Crippen LogP) is 3.42. The van der Waals surface area contributed by atoms with Crippen LogP contribution in [-0.4, -0.2) is 33.4 Å². The molecule has 0 N–H and O–H groups in total. The first-order valence-corrected chi connectivity index (χ1v) is 9.00. The normalized spacial score (nSPS) is 20.3. The van der Waals surface area contributed by atoms with Crippen molar-refractivity contribution < 1.29 is 4.79 Å². The average Bonchev–Trinajstić information content (AvgIpc) is 3.20. The molecular formula is C20H22N4O. The lowest BCUT2D eigenvalue weighted by molar-refractivity contribution is 0.0787. The summed E-state index contributed by atoms with van der Waals surface area (Å²) >= 11 is 0. The van der Waals surface area contributed by atoms with E-state index in [1.54, 1.807) is 24.3 Å². The van der Waals surface area contributed by atoms with Gasteiger partial charge in [-0.1, -0.05) is 6.42 Å². The van der Waals surface area contributed by atoms with E-state index in [1.165, 1.54) is 30.8 Å². The molecule has 128 valence electrons. The number of carbonyl (C=O) groups is 1. The molecule has 4 rings (SSSR count). The number of likely N-dealkylation sites (tertiary alicyclic amines) is 1. The van der Waals surface area contributed by atoms with Crippen molar-refractivity contribution >= 4 is 5.91 Å². The second-order valence-corrected chi connectivity index (χ2v) is 7.14. The van der Waals surface area contributed by atoms with Gasteiger partial charge in [0.05, 0.1) is 17.7 Å². The minimum Gasteiger partial charge on any atom is -0.336 e. The molecule has 1 amide bonds. The monoisotopic (exact) mass is 334 g/mol. The zero-order chi connectivity index (χ0) is 17.4. The summed E-state index contributed by atoms with van der Waals surface area (Å²) in [4.78, 5) is 19.3. The first-order valence-electron chi connectivity index (χ1n) is 9.00. The molecule has 2 aromatic rings. The van der Waals surface area contributed by atoms with Gasteiger partial charge in [0.1, 0.15) is 5.82 Å². The van der Waals surface area contributed by atoms with E-state index in [0.29, 0.717) is 23.1 Å². The summed E-state index contributed by atoms with van der Waals surface area (Å²) < 4.78 is 2.37.